The van der Waals surface area contributed by atoms with Gasteiger partial charge in [-0.25, -0.2) is 0 Å². The number of hydrogen-bond donors (Lipinski definition) is 1. The van der Waals surface area contributed by atoms with E-state index in [1.807, 2.05) is 30.3 Å². The molecule has 2 rings (SSSR count). The number of rotatable bonds is 9. The van der Waals surface area contributed by atoms with Gasteiger partial charge in [0.15, 0.2) is 6.29 Å². The van der Waals surface area contributed by atoms with Gasteiger partial charge in [0.05, 0.1) is 12.7 Å². The average molecular weight is 352 g/mol. The fourth-order valence-electron chi connectivity index (χ4n) is 3.11. The molecule has 1 heterocycles. The van der Waals surface area contributed by atoms with Gasteiger partial charge in [0.1, 0.15) is 24.4 Å². The highest BCUT2D eigenvalue weighted by atomic mass is 16.7. The predicted octanol–water partition coefficient (Wildman–Crippen LogP) is 1.91. The lowest BCUT2D eigenvalue weighted by Gasteiger charge is -2.46. The number of aliphatic hydroxyl groups excluding tert-OH is 1. The molecule has 0 spiro atoms. The minimum Gasteiger partial charge on any atom is -0.390 e. The molecule has 0 aromatic heterocycles. The van der Waals surface area contributed by atoms with E-state index >= 15 is 0 Å². The lowest BCUT2D eigenvalue weighted by atomic mass is 9.93. The molecule has 1 aliphatic heterocycles. The summed E-state index contributed by atoms with van der Waals surface area (Å²) in [5.74, 6) is 0. The highest BCUT2D eigenvalue weighted by molar-refractivity contribution is 5.13. The van der Waals surface area contributed by atoms with E-state index in [0.29, 0.717) is 13.0 Å². The van der Waals surface area contributed by atoms with E-state index in [1.54, 1.807) is 20.3 Å². The van der Waals surface area contributed by atoms with Gasteiger partial charge in [-0.2, -0.15) is 0 Å². The summed E-state index contributed by atoms with van der Waals surface area (Å²) in [6.07, 6.45) is -1.48. The zero-order chi connectivity index (χ0) is 18.2. The van der Waals surface area contributed by atoms with Crippen LogP contribution < -0.4 is 0 Å². The Bertz CT molecular complexity index is 508. The molecular weight excluding hydrogens is 324 g/mol. The maximum Gasteiger partial charge on any atom is 0.186 e. The number of aliphatic hydroxyl groups is 1. The molecule has 0 amide bonds. The number of benzene rings is 1. The quantitative estimate of drug-likeness (QED) is 0.685. The summed E-state index contributed by atoms with van der Waals surface area (Å²) in [5.41, 5.74) is 1.03. The van der Waals surface area contributed by atoms with Crippen molar-refractivity contribution in [3.05, 3.63) is 48.6 Å². The standard InChI is InChI=1S/C19H28O6/c1-5-9-14(20)15-17(24-12-13-10-7-6-8-11-13)16(21-2)18(22-3)19(23-4)25-15/h5-8,10-11,14-20H,1,9,12H2,2-4H3/t14?,15?,16-,17?,18+,19?/m0/s1. The van der Waals surface area contributed by atoms with Crippen LogP contribution in [-0.4, -0.2) is 63.2 Å². The molecule has 0 saturated carbocycles. The molecule has 0 radical (unpaired) electrons. The average Bonchev–Trinajstić information content (AvgIpc) is 2.65. The third-order valence-corrected chi connectivity index (χ3v) is 4.38. The largest absolute Gasteiger partial charge is 0.390 e. The van der Waals surface area contributed by atoms with Crippen LogP contribution in [0.3, 0.4) is 0 Å². The van der Waals surface area contributed by atoms with Gasteiger partial charge in [-0.3, -0.25) is 0 Å². The lowest BCUT2D eigenvalue weighted by Crippen LogP contribution is -2.62. The van der Waals surface area contributed by atoms with Gasteiger partial charge in [-0.05, 0) is 12.0 Å². The van der Waals surface area contributed by atoms with Gasteiger partial charge in [-0.15, -0.1) is 6.58 Å². The summed E-state index contributed by atoms with van der Waals surface area (Å²) in [4.78, 5) is 0. The summed E-state index contributed by atoms with van der Waals surface area (Å²) in [6, 6.07) is 9.81. The Morgan fingerprint density at radius 2 is 1.76 bits per heavy atom. The van der Waals surface area contributed by atoms with Crippen molar-refractivity contribution in [1.82, 2.24) is 0 Å². The second kappa shape index (κ2) is 10.0. The van der Waals surface area contributed by atoms with Crippen molar-refractivity contribution in [2.75, 3.05) is 21.3 Å². The Balaban J connectivity index is 2.21. The number of ether oxygens (including phenoxy) is 5. The Labute approximate surface area is 149 Å². The first-order valence-corrected chi connectivity index (χ1v) is 8.34. The van der Waals surface area contributed by atoms with Crippen LogP contribution in [0, 0.1) is 0 Å². The fourth-order valence-corrected chi connectivity index (χ4v) is 3.11. The summed E-state index contributed by atoms with van der Waals surface area (Å²) >= 11 is 0. The SMILES string of the molecule is C=CCC(O)C1OC(OC)[C@H](OC)[C@@H](OC)C1OCc1ccccc1. The molecule has 6 atom stereocenters. The second-order valence-electron chi connectivity index (χ2n) is 5.96. The molecule has 6 nitrogen and oxygen atoms in total. The summed E-state index contributed by atoms with van der Waals surface area (Å²) in [7, 11) is 4.69. The molecule has 1 saturated heterocycles. The van der Waals surface area contributed by atoms with Crippen LogP contribution in [0.15, 0.2) is 43.0 Å². The van der Waals surface area contributed by atoms with Crippen LogP contribution in [0.1, 0.15) is 12.0 Å². The third-order valence-electron chi connectivity index (χ3n) is 4.38. The Hall–Kier alpha value is -1.28. The van der Waals surface area contributed by atoms with Crippen LogP contribution in [0.5, 0.6) is 0 Å². The molecule has 1 aromatic carbocycles. The van der Waals surface area contributed by atoms with E-state index < -0.39 is 36.8 Å². The Kier molecular flexibility index (Phi) is 8.02. The van der Waals surface area contributed by atoms with Gasteiger partial charge in [0, 0.05) is 21.3 Å². The molecule has 0 bridgehead atoms. The fraction of sp³-hybridized carbons (Fsp3) is 0.579. The van der Waals surface area contributed by atoms with Crippen molar-refractivity contribution in [2.45, 2.75) is 49.8 Å². The first-order valence-electron chi connectivity index (χ1n) is 8.34. The van der Waals surface area contributed by atoms with Crippen molar-refractivity contribution >= 4 is 0 Å². The highest BCUT2D eigenvalue weighted by Crippen LogP contribution is 2.31. The number of methoxy groups -OCH3 is 3. The maximum atomic E-state index is 10.5. The topological polar surface area (TPSA) is 66.4 Å². The van der Waals surface area contributed by atoms with E-state index in [2.05, 4.69) is 6.58 Å². The molecule has 25 heavy (non-hydrogen) atoms. The van der Waals surface area contributed by atoms with Crippen molar-refractivity contribution in [3.8, 4) is 0 Å². The van der Waals surface area contributed by atoms with Crippen molar-refractivity contribution in [3.63, 3.8) is 0 Å². The van der Waals surface area contributed by atoms with E-state index in [-0.39, 0.29) is 0 Å². The maximum absolute atomic E-state index is 10.5. The normalized spacial score (nSPS) is 30.8. The van der Waals surface area contributed by atoms with E-state index in [4.69, 9.17) is 23.7 Å². The minimum atomic E-state index is -0.786. The molecule has 1 N–H and O–H groups in total. The zero-order valence-corrected chi connectivity index (χ0v) is 15.0. The zero-order valence-electron chi connectivity index (χ0n) is 15.0. The van der Waals surface area contributed by atoms with Gasteiger partial charge in [0.25, 0.3) is 0 Å². The first-order chi connectivity index (χ1) is 12.2. The molecule has 1 aromatic rings. The first kappa shape index (κ1) is 20.0. The van der Waals surface area contributed by atoms with Crippen LogP contribution in [0.25, 0.3) is 0 Å². The second-order valence-corrected chi connectivity index (χ2v) is 5.96. The summed E-state index contributed by atoms with van der Waals surface area (Å²) in [5, 5.41) is 10.5. The summed E-state index contributed by atoms with van der Waals surface area (Å²) in [6.45, 7) is 4.06. The molecule has 1 fully saturated rings. The van der Waals surface area contributed by atoms with E-state index in [0.717, 1.165) is 5.56 Å². The summed E-state index contributed by atoms with van der Waals surface area (Å²) < 4.78 is 28.6. The molecule has 1 aliphatic rings. The van der Waals surface area contributed by atoms with Crippen molar-refractivity contribution in [2.24, 2.45) is 0 Å². The number of hydrogen-bond acceptors (Lipinski definition) is 6. The molecule has 4 unspecified atom stereocenters. The van der Waals surface area contributed by atoms with Gasteiger partial charge >= 0.3 is 0 Å². The molecule has 0 aliphatic carbocycles. The Morgan fingerprint density at radius 3 is 2.32 bits per heavy atom. The van der Waals surface area contributed by atoms with Crippen LogP contribution >= 0.6 is 0 Å². The van der Waals surface area contributed by atoms with E-state index in [9.17, 15) is 5.11 Å². The van der Waals surface area contributed by atoms with Crippen molar-refractivity contribution < 1.29 is 28.8 Å². The third kappa shape index (κ3) is 4.88. The van der Waals surface area contributed by atoms with Gasteiger partial charge in [-0.1, -0.05) is 36.4 Å². The monoisotopic (exact) mass is 352 g/mol. The molecule has 140 valence electrons. The minimum absolute atomic E-state index is 0.375. The Morgan fingerprint density at radius 1 is 1.08 bits per heavy atom. The van der Waals surface area contributed by atoms with Crippen LogP contribution in [0.2, 0.25) is 0 Å². The van der Waals surface area contributed by atoms with Crippen molar-refractivity contribution in [1.29, 1.82) is 0 Å². The van der Waals surface area contributed by atoms with Gasteiger partial charge < -0.3 is 28.8 Å². The highest BCUT2D eigenvalue weighted by Gasteiger charge is 2.49. The predicted molar refractivity (Wildman–Crippen MR) is 93.1 cm³/mol. The van der Waals surface area contributed by atoms with E-state index in [1.165, 1.54) is 7.11 Å². The molecule has 6 heteroatoms. The van der Waals surface area contributed by atoms with Crippen LogP contribution in [-0.2, 0) is 30.3 Å². The molecular formula is C19H28O6. The smallest absolute Gasteiger partial charge is 0.186 e. The lowest BCUT2D eigenvalue weighted by molar-refractivity contribution is -0.319. The van der Waals surface area contributed by atoms with Gasteiger partial charge in [0.2, 0.25) is 0 Å². The van der Waals surface area contributed by atoms with Crippen LogP contribution in [0.4, 0.5) is 0 Å².